The van der Waals surface area contributed by atoms with E-state index in [1.165, 1.54) is 0 Å². The van der Waals surface area contributed by atoms with Gasteiger partial charge in [-0.1, -0.05) is 48.5 Å². The minimum Gasteiger partial charge on any atom is -0.459 e. The number of para-hydroxylation sites is 1. The molecule has 2 aromatic carbocycles. The number of benzene rings is 2. The lowest BCUT2D eigenvalue weighted by atomic mass is 10.0. The number of carbonyl (C=O) groups excluding carboxylic acids is 2. The van der Waals surface area contributed by atoms with E-state index < -0.39 is 12.1 Å². The molecule has 1 heterocycles. The SMILES string of the molecule is C[C@H](NC(=O)C[C@H](NC(N)=O)c1ccccc1)c1cc2ccccc2o1. The van der Waals surface area contributed by atoms with Gasteiger partial charge in [0, 0.05) is 5.39 Å². The number of nitrogens with two attached hydrogens (primary N) is 1. The average molecular weight is 351 g/mol. The standard InChI is InChI=1S/C20H21N3O3/c1-13(18-11-15-9-5-6-10-17(15)26-18)22-19(24)12-16(23-20(21)25)14-7-3-2-4-8-14/h2-11,13,16H,12H2,1H3,(H,22,24)(H3,21,23,25)/t13-,16-/m0/s1. The van der Waals surface area contributed by atoms with E-state index >= 15 is 0 Å². The van der Waals surface area contributed by atoms with Gasteiger partial charge in [-0.15, -0.1) is 0 Å². The normalized spacial score (nSPS) is 13.1. The van der Waals surface area contributed by atoms with E-state index in [-0.39, 0.29) is 18.4 Å². The number of furan rings is 1. The molecule has 0 aliphatic carbocycles. The van der Waals surface area contributed by atoms with E-state index in [9.17, 15) is 9.59 Å². The summed E-state index contributed by atoms with van der Waals surface area (Å²) >= 11 is 0. The molecular weight excluding hydrogens is 330 g/mol. The Hall–Kier alpha value is -3.28. The summed E-state index contributed by atoms with van der Waals surface area (Å²) in [6, 6.07) is 17.4. The van der Waals surface area contributed by atoms with Gasteiger partial charge in [0.25, 0.3) is 0 Å². The van der Waals surface area contributed by atoms with Crippen LogP contribution in [0.25, 0.3) is 11.0 Å². The van der Waals surface area contributed by atoms with E-state index in [1.807, 2.05) is 67.6 Å². The number of hydrogen-bond acceptors (Lipinski definition) is 3. The van der Waals surface area contributed by atoms with E-state index in [1.54, 1.807) is 0 Å². The number of primary amides is 1. The zero-order chi connectivity index (χ0) is 18.5. The number of fused-ring (bicyclic) bond motifs is 1. The zero-order valence-electron chi connectivity index (χ0n) is 14.4. The van der Waals surface area contributed by atoms with Crippen LogP contribution < -0.4 is 16.4 Å². The molecule has 3 aromatic rings. The molecule has 0 unspecified atom stereocenters. The Balaban J connectivity index is 1.68. The molecule has 0 spiro atoms. The summed E-state index contributed by atoms with van der Waals surface area (Å²) in [4.78, 5) is 23.7. The Morgan fingerprint density at radius 1 is 1.04 bits per heavy atom. The lowest BCUT2D eigenvalue weighted by molar-refractivity contribution is -0.122. The number of amides is 3. The number of rotatable bonds is 6. The molecule has 3 amide bonds. The molecule has 2 atom stereocenters. The molecule has 0 aliphatic rings. The molecule has 0 saturated heterocycles. The van der Waals surface area contributed by atoms with Gasteiger partial charge in [0.1, 0.15) is 11.3 Å². The van der Waals surface area contributed by atoms with Crippen molar-refractivity contribution in [2.24, 2.45) is 5.73 Å². The number of nitrogens with one attached hydrogen (secondary N) is 2. The second kappa shape index (κ2) is 7.74. The molecule has 0 aliphatic heterocycles. The van der Waals surface area contributed by atoms with Gasteiger partial charge in [0.2, 0.25) is 5.91 Å². The minimum atomic E-state index is -0.669. The van der Waals surface area contributed by atoms with E-state index in [2.05, 4.69) is 10.6 Å². The summed E-state index contributed by atoms with van der Waals surface area (Å²) in [7, 11) is 0. The molecule has 1 aromatic heterocycles. The molecule has 134 valence electrons. The first-order valence-corrected chi connectivity index (χ1v) is 8.41. The maximum absolute atomic E-state index is 12.5. The fraction of sp³-hybridized carbons (Fsp3) is 0.200. The molecule has 6 heteroatoms. The lowest BCUT2D eigenvalue weighted by Gasteiger charge is -2.19. The fourth-order valence-corrected chi connectivity index (χ4v) is 2.88. The van der Waals surface area contributed by atoms with Gasteiger partial charge < -0.3 is 20.8 Å². The van der Waals surface area contributed by atoms with E-state index in [4.69, 9.17) is 10.2 Å². The maximum atomic E-state index is 12.5. The third-order valence-corrected chi connectivity index (χ3v) is 4.16. The predicted octanol–water partition coefficient (Wildman–Crippen LogP) is 3.41. The van der Waals surface area contributed by atoms with Crippen molar-refractivity contribution >= 4 is 22.9 Å². The van der Waals surface area contributed by atoms with Crippen molar-refractivity contribution < 1.29 is 14.0 Å². The van der Waals surface area contributed by atoms with Crippen LogP contribution in [0.4, 0.5) is 4.79 Å². The van der Waals surface area contributed by atoms with Crippen LogP contribution in [0.3, 0.4) is 0 Å². The summed E-state index contributed by atoms with van der Waals surface area (Å²) < 4.78 is 5.78. The van der Waals surface area contributed by atoms with Crippen molar-refractivity contribution in [2.75, 3.05) is 0 Å². The van der Waals surface area contributed by atoms with Gasteiger partial charge in [-0.05, 0) is 24.6 Å². The summed E-state index contributed by atoms with van der Waals surface area (Å²) in [5, 5.41) is 6.51. The first-order chi connectivity index (χ1) is 12.5. The topological polar surface area (TPSA) is 97.4 Å². The third-order valence-electron chi connectivity index (χ3n) is 4.16. The molecular formula is C20H21N3O3. The van der Waals surface area contributed by atoms with Crippen molar-refractivity contribution in [3.8, 4) is 0 Å². The lowest BCUT2D eigenvalue weighted by Crippen LogP contribution is -2.37. The molecule has 4 N–H and O–H groups in total. The second-order valence-electron chi connectivity index (χ2n) is 6.15. The molecule has 6 nitrogen and oxygen atoms in total. The highest BCUT2D eigenvalue weighted by molar-refractivity contribution is 5.80. The fourth-order valence-electron chi connectivity index (χ4n) is 2.88. The van der Waals surface area contributed by atoms with Gasteiger partial charge in [-0.2, -0.15) is 0 Å². The van der Waals surface area contributed by atoms with Crippen molar-refractivity contribution in [1.82, 2.24) is 10.6 Å². The van der Waals surface area contributed by atoms with Crippen LogP contribution in [0, 0.1) is 0 Å². The number of hydrogen-bond donors (Lipinski definition) is 3. The van der Waals surface area contributed by atoms with E-state index in [0.717, 1.165) is 16.5 Å². The maximum Gasteiger partial charge on any atom is 0.312 e. The average Bonchev–Trinajstić information content (AvgIpc) is 3.06. The van der Waals surface area contributed by atoms with Crippen molar-refractivity contribution in [1.29, 1.82) is 0 Å². The summed E-state index contributed by atoms with van der Waals surface area (Å²) in [5.74, 6) is 0.472. The van der Waals surface area contributed by atoms with E-state index in [0.29, 0.717) is 5.76 Å². The van der Waals surface area contributed by atoms with Crippen molar-refractivity contribution in [3.05, 3.63) is 72.0 Å². The molecule has 3 rings (SSSR count). The Morgan fingerprint density at radius 3 is 2.42 bits per heavy atom. The van der Waals surface area contributed by atoms with Crippen LogP contribution >= 0.6 is 0 Å². The number of urea groups is 1. The zero-order valence-corrected chi connectivity index (χ0v) is 14.4. The van der Waals surface area contributed by atoms with Crippen molar-refractivity contribution in [3.63, 3.8) is 0 Å². The molecule has 0 radical (unpaired) electrons. The van der Waals surface area contributed by atoms with Crippen molar-refractivity contribution in [2.45, 2.75) is 25.4 Å². The summed E-state index contributed by atoms with van der Waals surface area (Å²) in [6.07, 6.45) is 0.0809. The van der Waals surface area contributed by atoms with Crippen LogP contribution in [0.1, 0.15) is 36.8 Å². The van der Waals surface area contributed by atoms with Crippen LogP contribution in [-0.4, -0.2) is 11.9 Å². The Kier molecular flexibility index (Phi) is 5.22. The summed E-state index contributed by atoms with van der Waals surface area (Å²) in [6.45, 7) is 1.86. The Bertz CT molecular complexity index is 872. The van der Waals surface area contributed by atoms with Crippen LogP contribution in [0.15, 0.2) is 65.1 Å². The molecule has 26 heavy (non-hydrogen) atoms. The van der Waals surface area contributed by atoms with Gasteiger partial charge in [-0.25, -0.2) is 4.79 Å². The molecule has 0 fully saturated rings. The number of carbonyl (C=O) groups is 2. The molecule has 0 saturated carbocycles. The van der Waals surface area contributed by atoms with Crippen LogP contribution in [0.5, 0.6) is 0 Å². The monoisotopic (exact) mass is 351 g/mol. The first-order valence-electron chi connectivity index (χ1n) is 8.41. The largest absolute Gasteiger partial charge is 0.459 e. The quantitative estimate of drug-likeness (QED) is 0.635. The molecule has 0 bridgehead atoms. The Morgan fingerprint density at radius 2 is 1.73 bits per heavy atom. The van der Waals surface area contributed by atoms with Gasteiger partial charge >= 0.3 is 6.03 Å². The van der Waals surface area contributed by atoms with Gasteiger partial charge in [0.05, 0.1) is 18.5 Å². The minimum absolute atomic E-state index is 0.0809. The third kappa shape index (κ3) is 4.22. The first kappa shape index (κ1) is 17.5. The van der Waals surface area contributed by atoms with Gasteiger partial charge in [0.15, 0.2) is 0 Å². The van der Waals surface area contributed by atoms with Crippen LogP contribution in [-0.2, 0) is 4.79 Å². The summed E-state index contributed by atoms with van der Waals surface area (Å²) in [5.41, 5.74) is 6.84. The van der Waals surface area contributed by atoms with Gasteiger partial charge in [-0.3, -0.25) is 4.79 Å². The highest BCUT2D eigenvalue weighted by atomic mass is 16.3. The predicted molar refractivity (Wildman–Crippen MR) is 99.3 cm³/mol. The smallest absolute Gasteiger partial charge is 0.312 e. The Labute approximate surface area is 151 Å². The second-order valence-corrected chi connectivity index (χ2v) is 6.15. The highest BCUT2D eigenvalue weighted by Crippen LogP contribution is 2.24. The highest BCUT2D eigenvalue weighted by Gasteiger charge is 2.20. The van der Waals surface area contributed by atoms with Crippen LogP contribution in [0.2, 0.25) is 0 Å².